The van der Waals surface area contributed by atoms with E-state index in [-0.39, 0.29) is 37.6 Å². The Kier molecular flexibility index (Phi) is 9.46. The van der Waals surface area contributed by atoms with E-state index in [0.29, 0.717) is 34.8 Å². The predicted molar refractivity (Wildman–Crippen MR) is 161 cm³/mol. The van der Waals surface area contributed by atoms with Crippen LogP contribution in [0.1, 0.15) is 52.9 Å². The van der Waals surface area contributed by atoms with Crippen LogP contribution in [0.4, 0.5) is 0 Å². The van der Waals surface area contributed by atoms with Gasteiger partial charge in [0.1, 0.15) is 10.5 Å². The number of hydrogen-bond acceptors (Lipinski definition) is 9. The molecule has 1 N–H and O–H groups in total. The highest BCUT2D eigenvalue weighted by atomic mass is 32.2. The minimum absolute atomic E-state index is 0.0108. The van der Waals surface area contributed by atoms with Gasteiger partial charge in [0.2, 0.25) is 5.91 Å². The van der Waals surface area contributed by atoms with E-state index in [1.165, 1.54) is 23.3 Å². The first kappa shape index (κ1) is 30.7. The van der Waals surface area contributed by atoms with Crippen LogP contribution in [-0.2, 0) is 29.0 Å². The maximum atomic E-state index is 14.2. The van der Waals surface area contributed by atoms with Crippen LogP contribution in [0.3, 0.4) is 0 Å². The lowest BCUT2D eigenvalue weighted by Crippen LogP contribution is -2.43. The second kappa shape index (κ2) is 13.3. The minimum atomic E-state index is -3.96. The van der Waals surface area contributed by atoms with Crippen LogP contribution >= 0.6 is 11.3 Å². The highest BCUT2D eigenvalue weighted by molar-refractivity contribution is 7.92. The lowest BCUT2D eigenvalue weighted by molar-refractivity contribution is -0.200. The Morgan fingerprint density at radius 3 is 2.63 bits per heavy atom. The number of para-hydroxylation sites is 1. The van der Waals surface area contributed by atoms with Gasteiger partial charge < -0.3 is 14.4 Å². The van der Waals surface area contributed by atoms with Crippen molar-refractivity contribution in [2.45, 2.75) is 43.1 Å². The molecule has 3 heterocycles. The number of nitrogens with zero attached hydrogens (tertiary/aromatic N) is 2. The quantitative estimate of drug-likeness (QED) is 0.365. The summed E-state index contributed by atoms with van der Waals surface area (Å²) < 4.78 is 37.7. The molecule has 10 nitrogen and oxygen atoms in total. The molecule has 2 unspecified atom stereocenters. The Morgan fingerprint density at radius 2 is 1.91 bits per heavy atom. The number of amides is 2. The monoisotopic (exact) mass is 623 g/mol. The molecular formula is C31H33N3O7S2. The molecule has 2 saturated heterocycles. The maximum Gasteiger partial charge on any atom is 0.257 e. The summed E-state index contributed by atoms with van der Waals surface area (Å²) in [5.74, 6) is -0.846. The van der Waals surface area contributed by atoms with Crippen molar-refractivity contribution in [1.29, 1.82) is 5.26 Å². The van der Waals surface area contributed by atoms with Crippen LogP contribution in [-0.4, -0.2) is 64.0 Å². The van der Waals surface area contributed by atoms with Crippen molar-refractivity contribution in [3.63, 3.8) is 0 Å². The second-order valence-corrected chi connectivity index (χ2v) is 14.0. The van der Waals surface area contributed by atoms with E-state index in [1.54, 1.807) is 54.6 Å². The Bertz CT molecular complexity index is 1610. The van der Waals surface area contributed by atoms with Crippen molar-refractivity contribution in [2.75, 3.05) is 32.6 Å². The molecule has 0 aliphatic carbocycles. The van der Waals surface area contributed by atoms with Gasteiger partial charge in [-0.25, -0.2) is 18.7 Å². The predicted octanol–water partition coefficient (Wildman–Crippen LogP) is 4.42. The fourth-order valence-corrected chi connectivity index (χ4v) is 9.05. The lowest BCUT2D eigenvalue weighted by atomic mass is 9.97. The van der Waals surface area contributed by atoms with Crippen LogP contribution in [0.15, 0.2) is 60.7 Å². The van der Waals surface area contributed by atoms with Crippen LogP contribution in [0.2, 0.25) is 0 Å². The third-order valence-electron chi connectivity index (χ3n) is 7.88. The van der Waals surface area contributed by atoms with Crippen LogP contribution in [0.5, 0.6) is 5.75 Å². The van der Waals surface area contributed by atoms with Gasteiger partial charge in [0, 0.05) is 35.9 Å². The molecule has 2 amide bonds. The number of carbonyl (C=O) groups is 2. The Morgan fingerprint density at radius 1 is 1.12 bits per heavy atom. The first-order valence-corrected chi connectivity index (χ1v) is 16.5. The van der Waals surface area contributed by atoms with Crippen molar-refractivity contribution < 1.29 is 32.3 Å². The largest absolute Gasteiger partial charge is 0.496 e. The summed E-state index contributed by atoms with van der Waals surface area (Å²) in [7, 11) is -2.48. The van der Waals surface area contributed by atoms with Gasteiger partial charge in [-0.1, -0.05) is 24.3 Å². The number of rotatable bonds is 8. The molecule has 12 heteroatoms. The molecule has 0 radical (unpaired) electrons. The summed E-state index contributed by atoms with van der Waals surface area (Å²) in [5.41, 5.74) is 4.11. The summed E-state index contributed by atoms with van der Waals surface area (Å²) in [5, 5.41) is 9.16. The molecule has 1 aromatic heterocycles. The summed E-state index contributed by atoms with van der Waals surface area (Å²) in [6.45, 7) is 0.616. The molecular weight excluding hydrogens is 590 g/mol. The second-order valence-electron chi connectivity index (χ2n) is 10.5. The molecule has 2 aliphatic rings. The van der Waals surface area contributed by atoms with Crippen molar-refractivity contribution in [3.8, 4) is 22.3 Å². The third-order valence-corrected chi connectivity index (χ3v) is 11.8. The van der Waals surface area contributed by atoms with E-state index < -0.39 is 26.8 Å². The summed E-state index contributed by atoms with van der Waals surface area (Å²) in [6.07, 6.45) is 1.49. The molecule has 0 spiro atoms. The van der Waals surface area contributed by atoms with Crippen molar-refractivity contribution >= 4 is 33.0 Å². The van der Waals surface area contributed by atoms with Gasteiger partial charge in [0.05, 0.1) is 36.5 Å². The SMILES string of the molecule is COc1ccccc1C(=O)N1CCC(CC(=O)NOC2CCCCO2)(c2ccc(-c3ccc(C#N)cc3)s2)S(=O)(=O)CC1. The smallest absolute Gasteiger partial charge is 0.257 e. The summed E-state index contributed by atoms with van der Waals surface area (Å²) >= 11 is 1.29. The topological polar surface area (TPSA) is 135 Å². The molecule has 2 atom stereocenters. The number of carbonyl (C=O) groups excluding carboxylic acids is 2. The Balaban J connectivity index is 1.46. The fraction of sp³-hybridized carbons (Fsp3) is 0.387. The average molecular weight is 624 g/mol. The number of nitrogens with one attached hydrogen (secondary N) is 1. The van der Waals surface area contributed by atoms with E-state index in [9.17, 15) is 18.0 Å². The van der Waals surface area contributed by atoms with Crippen molar-refractivity contribution in [3.05, 3.63) is 76.7 Å². The Hall–Kier alpha value is -3.76. The van der Waals surface area contributed by atoms with Crippen molar-refractivity contribution in [1.82, 2.24) is 10.4 Å². The van der Waals surface area contributed by atoms with E-state index in [0.717, 1.165) is 23.3 Å². The zero-order valence-corrected chi connectivity index (χ0v) is 25.4. The molecule has 3 aromatic rings. The normalized spacial score (nSPS) is 21.8. The van der Waals surface area contributed by atoms with Crippen LogP contribution in [0.25, 0.3) is 10.4 Å². The van der Waals surface area contributed by atoms with Gasteiger partial charge in [0.25, 0.3) is 5.91 Å². The minimum Gasteiger partial charge on any atom is -0.496 e. The molecule has 226 valence electrons. The summed E-state index contributed by atoms with van der Waals surface area (Å²) in [6, 6.07) is 19.5. The van der Waals surface area contributed by atoms with E-state index in [1.807, 2.05) is 6.07 Å². The molecule has 2 fully saturated rings. The van der Waals surface area contributed by atoms with E-state index in [2.05, 4.69) is 11.5 Å². The first-order valence-electron chi connectivity index (χ1n) is 14.1. The van der Waals surface area contributed by atoms with Gasteiger partial charge in [0.15, 0.2) is 16.1 Å². The first-order chi connectivity index (χ1) is 20.8. The van der Waals surface area contributed by atoms with Gasteiger partial charge in [-0.15, -0.1) is 11.3 Å². The third kappa shape index (κ3) is 6.60. The number of hydroxylamine groups is 1. The highest BCUT2D eigenvalue weighted by Crippen LogP contribution is 2.45. The molecule has 2 aromatic carbocycles. The number of sulfone groups is 1. The lowest BCUT2D eigenvalue weighted by Gasteiger charge is -2.31. The number of benzene rings is 2. The number of nitriles is 1. The highest BCUT2D eigenvalue weighted by Gasteiger charge is 2.50. The molecule has 5 rings (SSSR count). The number of ether oxygens (including phenoxy) is 2. The zero-order chi connectivity index (χ0) is 30.5. The van der Waals surface area contributed by atoms with Crippen molar-refractivity contribution in [2.24, 2.45) is 0 Å². The number of methoxy groups -OCH3 is 1. The zero-order valence-electron chi connectivity index (χ0n) is 23.8. The summed E-state index contributed by atoms with van der Waals surface area (Å²) in [4.78, 5) is 35.2. The average Bonchev–Trinajstić information content (AvgIpc) is 3.49. The fourth-order valence-electron chi connectivity index (χ4n) is 5.44. The van der Waals surface area contributed by atoms with Gasteiger partial charge in [-0.2, -0.15) is 5.26 Å². The standard InChI is InChI=1S/C31H33N3O7S2/c1-39-25-7-3-2-6-24(25)30(36)34-16-15-31(43(37,38)19-17-34,20-28(35)33-41-29-8-4-5-18-40-29)27-14-13-26(42-27)23-11-9-22(21-32)10-12-23/h2-3,6-7,9-14,29H,4-5,8,15-20H2,1H3,(H,33,35). The number of hydrogen-bond donors (Lipinski definition) is 1. The maximum absolute atomic E-state index is 14.2. The molecule has 2 aliphatic heterocycles. The van der Waals surface area contributed by atoms with Gasteiger partial charge in [-0.05, 0) is 61.2 Å². The van der Waals surface area contributed by atoms with Crippen LogP contribution < -0.4 is 10.2 Å². The Labute approximate surface area is 255 Å². The molecule has 43 heavy (non-hydrogen) atoms. The molecule has 0 bridgehead atoms. The number of thiophene rings is 1. The van der Waals surface area contributed by atoms with Gasteiger partial charge >= 0.3 is 0 Å². The van der Waals surface area contributed by atoms with Gasteiger partial charge in [-0.3, -0.25) is 9.59 Å². The molecule has 0 saturated carbocycles. The van der Waals surface area contributed by atoms with E-state index >= 15 is 0 Å². The van der Waals surface area contributed by atoms with E-state index in [4.69, 9.17) is 19.6 Å². The van der Waals surface area contributed by atoms with Crippen LogP contribution in [0, 0.1) is 11.3 Å².